The molecule has 0 spiro atoms. The lowest BCUT2D eigenvalue weighted by molar-refractivity contribution is 0.149. The molecule has 2 aromatic heterocycles. The van der Waals surface area contributed by atoms with Crippen molar-refractivity contribution in [3.63, 3.8) is 0 Å². The van der Waals surface area contributed by atoms with Crippen molar-refractivity contribution in [3.05, 3.63) is 45.8 Å². The van der Waals surface area contributed by atoms with E-state index in [2.05, 4.69) is 26.9 Å². The number of benzene rings is 1. The summed E-state index contributed by atoms with van der Waals surface area (Å²) in [4.78, 5) is 20.4. The molecule has 0 amide bonds. The van der Waals surface area contributed by atoms with Crippen LogP contribution in [0.25, 0.3) is 22.3 Å². The van der Waals surface area contributed by atoms with Crippen molar-refractivity contribution in [2.75, 3.05) is 39.8 Å². The van der Waals surface area contributed by atoms with Gasteiger partial charge in [-0.2, -0.15) is 5.10 Å². The number of likely N-dealkylation sites (N-methyl/N-ethyl adjacent to an activating group) is 1. The Labute approximate surface area is 209 Å². The second-order valence-electron chi connectivity index (χ2n) is 7.67. The minimum Gasteiger partial charge on any atom is -0.503 e. The second kappa shape index (κ2) is 12.0. The van der Waals surface area contributed by atoms with E-state index in [0.717, 1.165) is 44.9 Å². The summed E-state index contributed by atoms with van der Waals surface area (Å²) in [6.45, 7) is 6.98. The minimum atomic E-state index is -0.862. The lowest BCUT2D eigenvalue weighted by atomic mass is 10.1. The molecule has 3 heterocycles. The lowest BCUT2D eigenvalue weighted by Gasteiger charge is -2.32. The van der Waals surface area contributed by atoms with Gasteiger partial charge in [-0.3, -0.25) is 9.69 Å². The average Bonchev–Trinajstić information content (AvgIpc) is 3.08. The lowest BCUT2D eigenvalue weighted by Crippen LogP contribution is -2.45. The number of halogens is 5. The number of hydrogen-bond donors (Lipinski definition) is 2. The van der Waals surface area contributed by atoms with Crippen LogP contribution >= 0.6 is 37.2 Å². The Kier molecular flexibility index (Phi) is 10.6. The highest BCUT2D eigenvalue weighted by Gasteiger charge is 2.23. The molecule has 1 fully saturated rings. The summed E-state index contributed by atoms with van der Waals surface area (Å²) in [5, 5.41) is 15.3. The van der Waals surface area contributed by atoms with Gasteiger partial charge >= 0.3 is 0 Å². The normalized spacial score (nSPS) is 14.4. The molecule has 1 saturated heterocycles. The number of H-pyrrole nitrogens is 1. The van der Waals surface area contributed by atoms with Crippen molar-refractivity contribution in [1.82, 2.24) is 24.6 Å². The molecule has 0 aliphatic carbocycles. The number of aryl methyl sites for hydroxylation is 1. The van der Waals surface area contributed by atoms with Crippen LogP contribution in [-0.4, -0.2) is 69.4 Å². The van der Waals surface area contributed by atoms with Crippen LogP contribution in [0.5, 0.6) is 5.75 Å². The Morgan fingerprint density at radius 3 is 2.24 bits per heavy atom. The molecule has 33 heavy (non-hydrogen) atoms. The van der Waals surface area contributed by atoms with Crippen molar-refractivity contribution in [3.8, 4) is 17.0 Å². The van der Waals surface area contributed by atoms with Crippen LogP contribution in [0.3, 0.4) is 0 Å². The van der Waals surface area contributed by atoms with Crippen LogP contribution in [0.4, 0.5) is 8.78 Å². The first-order chi connectivity index (χ1) is 14.4. The zero-order valence-electron chi connectivity index (χ0n) is 18.3. The maximum atomic E-state index is 14.3. The number of nitrogens with one attached hydrogen (secondary N) is 1. The molecule has 0 unspecified atom stereocenters. The Hall–Kier alpha value is -1.91. The fourth-order valence-corrected chi connectivity index (χ4v) is 3.92. The van der Waals surface area contributed by atoms with Crippen molar-refractivity contribution >= 4 is 48.3 Å². The molecule has 7 nitrogen and oxygen atoms in total. The van der Waals surface area contributed by atoms with E-state index in [-0.39, 0.29) is 48.3 Å². The van der Waals surface area contributed by atoms with Crippen molar-refractivity contribution in [2.24, 2.45) is 0 Å². The van der Waals surface area contributed by atoms with Crippen LogP contribution < -0.4 is 5.43 Å². The third kappa shape index (κ3) is 5.60. The van der Waals surface area contributed by atoms with Crippen molar-refractivity contribution < 1.29 is 13.9 Å². The van der Waals surface area contributed by atoms with Crippen molar-refractivity contribution in [1.29, 1.82) is 0 Å². The Balaban J connectivity index is 0.00000181. The average molecular weight is 527 g/mol. The fourth-order valence-electron chi connectivity index (χ4n) is 3.92. The van der Waals surface area contributed by atoms with E-state index in [0.29, 0.717) is 24.3 Å². The number of piperazine rings is 1. The number of pyridine rings is 1. The predicted octanol–water partition coefficient (Wildman–Crippen LogP) is 3.45. The highest BCUT2D eigenvalue weighted by Crippen LogP contribution is 2.31. The summed E-state index contributed by atoms with van der Waals surface area (Å²) < 4.78 is 30.3. The predicted molar refractivity (Wildman–Crippen MR) is 132 cm³/mol. The van der Waals surface area contributed by atoms with E-state index in [1.54, 1.807) is 4.68 Å². The SMILES string of the molecule is CCc1nn(CCN2CCN(C)CC2)c2[nH]c(-c3c(F)cccc3F)c(O)c(=O)c12.Cl.Cl.Cl. The van der Waals surface area contributed by atoms with E-state index in [4.69, 9.17) is 0 Å². The van der Waals surface area contributed by atoms with Gasteiger partial charge in [0.1, 0.15) is 17.3 Å². The number of nitrogens with zero attached hydrogens (tertiary/aromatic N) is 4. The first kappa shape index (κ1) is 29.1. The van der Waals surface area contributed by atoms with Crippen LogP contribution in [0.2, 0.25) is 0 Å². The number of aromatic hydroxyl groups is 1. The molecule has 184 valence electrons. The minimum absolute atomic E-state index is 0. The van der Waals surface area contributed by atoms with Gasteiger partial charge in [-0.05, 0) is 25.6 Å². The molecule has 4 rings (SSSR count). The van der Waals surface area contributed by atoms with Crippen LogP contribution in [-0.2, 0) is 13.0 Å². The third-order valence-electron chi connectivity index (χ3n) is 5.72. The van der Waals surface area contributed by atoms with Gasteiger partial charge in [-0.25, -0.2) is 13.5 Å². The largest absolute Gasteiger partial charge is 0.503 e. The highest BCUT2D eigenvalue weighted by atomic mass is 35.5. The molecule has 0 saturated carbocycles. The van der Waals surface area contributed by atoms with Crippen molar-refractivity contribution in [2.45, 2.75) is 19.9 Å². The van der Waals surface area contributed by atoms with Crippen LogP contribution in [0.1, 0.15) is 12.6 Å². The van der Waals surface area contributed by atoms with E-state index in [1.807, 2.05) is 6.92 Å². The standard InChI is InChI=1S/C21H25F2N5O2.3ClH/c1-3-15-17-19(29)20(30)18(16-13(22)5-4-6-14(16)23)24-21(17)28(25-15)12-11-27-9-7-26(2)8-10-27;;;/h4-6,30H,3,7-12H2,1-2H3,(H,24,29);3*1H. The van der Waals surface area contributed by atoms with Gasteiger partial charge < -0.3 is 15.0 Å². The molecule has 1 aliphatic rings. The summed E-state index contributed by atoms with van der Waals surface area (Å²) in [6.07, 6.45) is 0.494. The van der Waals surface area contributed by atoms with Gasteiger partial charge in [-0.1, -0.05) is 13.0 Å². The number of aromatic amines is 1. The molecular formula is C21H28Cl3F2N5O2. The van der Waals surface area contributed by atoms with E-state index < -0.39 is 28.4 Å². The van der Waals surface area contributed by atoms with Gasteiger partial charge in [-0.15, -0.1) is 37.2 Å². The summed E-state index contributed by atoms with van der Waals surface area (Å²) in [6, 6.07) is 3.41. The molecule has 3 aromatic rings. The maximum absolute atomic E-state index is 14.3. The summed E-state index contributed by atoms with van der Waals surface area (Å²) >= 11 is 0. The molecule has 1 aromatic carbocycles. The van der Waals surface area contributed by atoms with E-state index in [1.165, 1.54) is 6.07 Å². The van der Waals surface area contributed by atoms with Gasteiger partial charge in [0.05, 0.1) is 28.9 Å². The Bertz CT molecular complexity index is 1130. The zero-order chi connectivity index (χ0) is 21.4. The molecule has 0 bridgehead atoms. The maximum Gasteiger partial charge on any atom is 0.235 e. The summed E-state index contributed by atoms with van der Waals surface area (Å²) in [7, 11) is 2.09. The number of fused-ring (bicyclic) bond motifs is 1. The molecular weight excluding hydrogens is 499 g/mol. The van der Waals surface area contributed by atoms with Gasteiger partial charge in [0, 0.05) is 32.7 Å². The second-order valence-corrected chi connectivity index (χ2v) is 7.67. The quantitative estimate of drug-likeness (QED) is 0.533. The zero-order valence-corrected chi connectivity index (χ0v) is 20.8. The fraction of sp³-hybridized carbons (Fsp3) is 0.429. The van der Waals surface area contributed by atoms with Gasteiger partial charge in [0.25, 0.3) is 0 Å². The highest BCUT2D eigenvalue weighted by molar-refractivity contribution is 5.86. The Morgan fingerprint density at radius 1 is 1.06 bits per heavy atom. The first-order valence-corrected chi connectivity index (χ1v) is 10.1. The van der Waals surface area contributed by atoms with Crippen LogP contribution in [0.15, 0.2) is 23.0 Å². The molecule has 12 heteroatoms. The molecule has 1 aliphatic heterocycles. The monoisotopic (exact) mass is 525 g/mol. The Morgan fingerprint density at radius 2 is 1.67 bits per heavy atom. The van der Waals surface area contributed by atoms with Gasteiger partial charge in [0.2, 0.25) is 5.43 Å². The molecule has 0 atom stereocenters. The van der Waals surface area contributed by atoms with Gasteiger partial charge in [0.15, 0.2) is 5.75 Å². The number of hydrogen-bond acceptors (Lipinski definition) is 5. The number of aromatic nitrogens is 3. The topological polar surface area (TPSA) is 77.4 Å². The third-order valence-corrected chi connectivity index (χ3v) is 5.72. The van der Waals surface area contributed by atoms with Crippen LogP contribution in [0, 0.1) is 11.6 Å². The van der Waals surface area contributed by atoms with E-state index in [9.17, 15) is 18.7 Å². The molecule has 2 N–H and O–H groups in total. The number of rotatable bonds is 5. The summed E-state index contributed by atoms with van der Waals surface area (Å²) in [5.41, 5.74) is -0.503. The molecule has 0 radical (unpaired) electrons. The first-order valence-electron chi connectivity index (χ1n) is 10.1. The smallest absolute Gasteiger partial charge is 0.235 e. The van der Waals surface area contributed by atoms with E-state index >= 15 is 0 Å². The summed E-state index contributed by atoms with van der Waals surface area (Å²) in [5.74, 6) is -2.43.